The van der Waals surface area contributed by atoms with Gasteiger partial charge in [0.2, 0.25) is 0 Å². The van der Waals surface area contributed by atoms with Gasteiger partial charge in [0.1, 0.15) is 10.6 Å². The molecule has 0 aliphatic rings. The van der Waals surface area contributed by atoms with Crippen LogP contribution in [0, 0.1) is 0 Å². The summed E-state index contributed by atoms with van der Waals surface area (Å²) in [4.78, 5) is 12.2. The Hall–Kier alpha value is -2.14. The highest BCUT2D eigenvalue weighted by atomic mass is 32.2. The van der Waals surface area contributed by atoms with E-state index in [1.807, 2.05) is 6.92 Å². The van der Waals surface area contributed by atoms with Crippen LogP contribution < -0.4 is 4.74 Å². The number of carbonyl (C=O) groups excluding carboxylic acids is 1. The van der Waals surface area contributed by atoms with Crippen LogP contribution >= 0.6 is 0 Å². The van der Waals surface area contributed by atoms with Gasteiger partial charge in [0.05, 0.1) is 11.3 Å². The SMILES string of the molecule is CCCCS(=O)(=O)c1ccccc1OC(=O)c1ccccc1. The molecular weight excluding hydrogens is 300 g/mol. The number of sulfone groups is 1. The van der Waals surface area contributed by atoms with Crippen LogP contribution in [-0.2, 0) is 9.84 Å². The van der Waals surface area contributed by atoms with Crippen LogP contribution in [-0.4, -0.2) is 20.1 Å². The zero-order valence-corrected chi connectivity index (χ0v) is 13.2. The standard InChI is InChI=1S/C17H18O4S/c1-2-3-13-22(19,20)16-12-8-7-11-15(16)21-17(18)14-9-5-4-6-10-14/h4-12H,2-3,13H2,1H3. The van der Waals surface area contributed by atoms with Gasteiger partial charge < -0.3 is 4.74 Å². The third-order valence-electron chi connectivity index (χ3n) is 3.16. The quantitative estimate of drug-likeness (QED) is 0.604. The predicted molar refractivity (Wildman–Crippen MR) is 84.8 cm³/mol. The lowest BCUT2D eigenvalue weighted by Crippen LogP contribution is -2.13. The Morgan fingerprint density at radius 1 is 1.00 bits per heavy atom. The van der Waals surface area contributed by atoms with Gasteiger partial charge in [-0.15, -0.1) is 0 Å². The van der Waals surface area contributed by atoms with E-state index in [9.17, 15) is 13.2 Å². The number of unbranched alkanes of at least 4 members (excludes halogenated alkanes) is 1. The van der Waals surface area contributed by atoms with E-state index < -0.39 is 15.8 Å². The van der Waals surface area contributed by atoms with E-state index in [4.69, 9.17) is 4.74 Å². The molecule has 2 rings (SSSR count). The van der Waals surface area contributed by atoms with E-state index in [-0.39, 0.29) is 16.4 Å². The van der Waals surface area contributed by atoms with Gasteiger partial charge >= 0.3 is 5.97 Å². The van der Waals surface area contributed by atoms with Crippen molar-refractivity contribution in [2.45, 2.75) is 24.7 Å². The summed E-state index contributed by atoms with van der Waals surface area (Å²) in [6.45, 7) is 1.93. The Bertz CT molecular complexity index is 736. The minimum atomic E-state index is -3.46. The average molecular weight is 318 g/mol. The lowest BCUT2D eigenvalue weighted by atomic mass is 10.2. The van der Waals surface area contributed by atoms with Crippen LogP contribution in [0.4, 0.5) is 0 Å². The maximum atomic E-state index is 12.3. The summed E-state index contributed by atoms with van der Waals surface area (Å²) in [6.07, 6.45) is 1.36. The van der Waals surface area contributed by atoms with Gasteiger partial charge in [-0.3, -0.25) is 0 Å². The summed E-state index contributed by atoms with van der Waals surface area (Å²) in [5.74, 6) is -0.449. The number of hydrogen-bond donors (Lipinski definition) is 0. The molecular formula is C17H18O4S. The molecule has 2 aromatic rings. The van der Waals surface area contributed by atoms with E-state index in [0.29, 0.717) is 12.0 Å². The van der Waals surface area contributed by atoms with Gasteiger partial charge in [0.15, 0.2) is 9.84 Å². The first kappa shape index (κ1) is 16.2. The Morgan fingerprint density at radius 3 is 2.32 bits per heavy atom. The minimum Gasteiger partial charge on any atom is -0.422 e. The molecule has 5 heteroatoms. The summed E-state index contributed by atoms with van der Waals surface area (Å²) < 4.78 is 30.0. The molecule has 0 radical (unpaired) electrons. The van der Waals surface area contributed by atoms with E-state index in [0.717, 1.165) is 6.42 Å². The first-order chi connectivity index (χ1) is 10.5. The highest BCUT2D eigenvalue weighted by molar-refractivity contribution is 7.91. The van der Waals surface area contributed by atoms with Crippen LogP contribution in [0.15, 0.2) is 59.5 Å². The monoisotopic (exact) mass is 318 g/mol. The van der Waals surface area contributed by atoms with E-state index in [1.165, 1.54) is 12.1 Å². The number of hydrogen-bond acceptors (Lipinski definition) is 4. The molecule has 0 saturated carbocycles. The van der Waals surface area contributed by atoms with Gasteiger partial charge in [-0.05, 0) is 30.7 Å². The first-order valence-corrected chi connectivity index (χ1v) is 8.79. The lowest BCUT2D eigenvalue weighted by Gasteiger charge is -2.10. The summed E-state index contributed by atoms with van der Waals surface area (Å²) >= 11 is 0. The molecule has 0 aromatic heterocycles. The van der Waals surface area contributed by atoms with Crippen LogP contribution in [0.1, 0.15) is 30.1 Å². The Labute approximate surface area is 130 Å². The topological polar surface area (TPSA) is 60.4 Å². The predicted octanol–water partition coefficient (Wildman–Crippen LogP) is 3.48. The van der Waals surface area contributed by atoms with Crippen LogP contribution in [0.25, 0.3) is 0 Å². The molecule has 0 heterocycles. The van der Waals surface area contributed by atoms with Gasteiger partial charge in [0.25, 0.3) is 0 Å². The smallest absolute Gasteiger partial charge is 0.343 e. The zero-order chi connectivity index (χ0) is 16.0. The summed E-state index contributed by atoms with van der Waals surface area (Å²) in [7, 11) is -3.46. The van der Waals surface area contributed by atoms with Crippen molar-refractivity contribution < 1.29 is 17.9 Å². The molecule has 0 atom stereocenters. The third-order valence-corrected chi connectivity index (χ3v) is 5.00. The minimum absolute atomic E-state index is 0.0450. The van der Waals surface area contributed by atoms with Crippen molar-refractivity contribution in [1.82, 2.24) is 0 Å². The molecule has 22 heavy (non-hydrogen) atoms. The molecule has 0 N–H and O–H groups in total. The maximum absolute atomic E-state index is 12.3. The van der Waals surface area contributed by atoms with E-state index in [1.54, 1.807) is 42.5 Å². The average Bonchev–Trinajstić information content (AvgIpc) is 2.54. The third kappa shape index (κ3) is 3.95. The summed E-state index contributed by atoms with van der Waals surface area (Å²) in [6, 6.07) is 14.7. The molecule has 4 nitrogen and oxygen atoms in total. The molecule has 0 saturated heterocycles. The molecule has 0 spiro atoms. The number of carbonyl (C=O) groups is 1. The van der Waals surface area contributed by atoms with Crippen molar-refractivity contribution in [3.05, 3.63) is 60.2 Å². The second-order valence-corrected chi connectivity index (χ2v) is 6.95. The second kappa shape index (κ2) is 7.22. The van der Waals surface area contributed by atoms with Crippen molar-refractivity contribution in [2.24, 2.45) is 0 Å². The number of benzene rings is 2. The van der Waals surface area contributed by atoms with Gasteiger partial charge in [-0.2, -0.15) is 0 Å². The highest BCUT2D eigenvalue weighted by Crippen LogP contribution is 2.26. The van der Waals surface area contributed by atoms with Crippen LogP contribution in [0.2, 0.25) is 0 Å². The highest BCUT2D eigenvalue weighted by Gasteiger charge is 2.20. The molecule has 0 fully saturated rings. The fourth-order valence-electron chi connectivity index (χ4n) is 1.97. The molecule has 116 valence electrons. The first-order valence-electron chi connectivity index (χ1n) is 7.13. The Balaban J connectivity index is 2.28. The van der Waals surface area contributed by atoms with Crippen molar-refractivity contribution in [3.63, 3.8) is 0 Å². The van der Waals surface area contributed by atoms with Gasteiger partial charge in [-0.1, -0.05) is 43.7 Å². The molecule has 0 amide bonds. The zero-order valence-electron chi connectivity index (χ0n) is 12.4. The number of esters is 1. The number of ether oxygens (including phenoxy) is 1. The largest absolute Gasteiger partial charge is 0.422 e. The van der Waals surface area contributed by atoms with Crippen molar-refractivity contribution in [1.29, 1.82) is 0 Å². The van der Waals surface area contributed by atoms with E-state index >= 15 is 0 Å². The van der Waals surface area contributed by atoms with E-state index in [2.05, 4.69) is 0 Å². The molecule has 0 aliphatic heterocycles. The normalized spacial score (nSPS) is 11.1. The Morgan fingerprint density at radius 2 is 1.64 bits per heavy atom. The Kier molecular flexibility index (Phi) is 5.33. The summed E-state index contributed by atoms with van der Waals surface area (Å²) in [5.41, 5.74) is 0.378. The van der Waals surface area contributed by atoms with Crippen molar-refractivity contribution in [3.8, 4) is 5.75 Å². The molecule has 2 aromatic carbocycles. The maximum Gasteiger partial charge on any atom is 0.343 e. The van der Waals surface area contributed by atoms with Gasteiger partial charge in [-0.25, -0.2) is 13.2 Å². The molecule has 0 bridgehead atoms. The fraction of sp³-hybridized carbons (Fsp3) is 0.235. The van der Waals surface area contributed by atoms with Crippen LogP contribution in [0.5, 0.6) is 5.75 Å². The second-order valence-electron chi connectivity index (χ2n) is 4.87. The summed E-state index contributed by atoms with van der Waals surface area (Å²) in [5, 5.41) is 0. The van der Waals surface area contributed by atoms with Crippen molar-refractivity contribution >= 4 is 15.8 Å². The molecule has 0 unspecified atom stereocenters. The molecule has 0 aliphatic carbocycles. The van der Waals surface area contributed by atoms with Crippen LogP contribution in [0.3, 0.4) is 0 Å². The number of rotatable bonds is 6. The number of para-hydroxylation sites is 1. The lowest BCUT2D eigenvalue weighted by molar-refractivity contribution is 0.0730. The van der Waals surface area contributed by atoms with Gasteiger partial charge in [0, 0.05) is 0 Å². The fourth-order valence-corrected chi connectivity index (χ4v) is 3.56. The van der Waals surface area contributed by atoms with Crippen molar-refractivity contribution in [2.75, 3.05) is 5.75 Å².